The van der Waals surface area contributed by atoms with E-state index in [1.54, 1.807) is 16.4 Å². The molecule has 2 aromatic rings. The third-order valence-corrected chi connectivity index (χ3v) is 6.34. The van der Waals surface area contributed by atoms with Crippen molar-refractivity contribution in [3.63, 3.8) is 0 Å². The van der Waals surface area contributed by atoms with Gasteiger partial charge >= 0.3 is 0 Å². The van der Waals surface area contributed by atoms with Gasteiger partial charge in [0, 0.05) is 18.7 Å². The summed E-state index contributed by atoms with van der Waals surface area (Å²) in [6, 6.07) is 5.83. The van der Waals surface area contributed by atoms with Gasteiger partial charge < -0.3 is 4.42 Å². The molecule has 0 amide bonds. The standard InChI is InChI=1S/C17H22FN3O3S/c1-2-3-11-25(22,23)21-10-4-5-14(12-21)17-20-19-16(24-17)13-6-8-15(18)9-7-13/h6-9,14H,2-5,10-12H2,1H3. The number of sulfonamides is 1. The van der Waals surface area contributed by atoms with Crippen LogP contribution in [0.15, 0.2) is 28.7 Å². The first kappa shape index (κ1) is 18.0. The topological polar surface area (TPSA) is 76.3 Å². The van der Waals surface area contributed by atoms with Crippen LogP contribution in [-0.4, -0.2) is 41.8 Å². The highest BCUT2D eigenvalue weighted by Gasteiger charge is 2.31. The Kier molecular flexibility index (Phi) is 5.48. The normalized spacial score (nSPS) is 19.2. The van der Waals surface area contributed by atoms with E-state index >= 15 is 0 Å². The minimum Gasteiger partial charge on any atom is -0.420 e. The molecule has 0 saturated carbocycles. The van der Waals surface area contributed by atoms with E-state index in [1.165, 1.54) is 12.1 Å². The Balaban J connectivity index is 1.73. The molecule has 1 fully saturated rings. The largest absolute Gasteiger partial charge is 0.420 e. The third kappa shape index (κ3) is 4.24. The predicted octanol–water partition coefficient (Wildman–Crippen LogP) is 3.19. The molecule has 1 saturated heterocycles. The van der Waals surface area contributed by atoms with Gasteiger partial charge in [-0.3, -0.25) is 0 Å². The predicted molar refractivity (Wildman–Crippen MR) is 91.9 cm³/mol. The van der Waals surface area contributed by atoms with Crippen molar-refractivity contribution in [2.24, 2.45) is 0 Å². The number of rotatable bonds is 6. The second-order valence-electron chi connectivity index (χ2n) is 6.32. The Morgan fingerprint density at radius 3 is 2.76 bits per heavy atom. The highest BCUT2D eigenvalue weighted by atomic mass is 32.2. The summed E-state index contributed by atoms with van der Waals surface area (Å²) in [5, 5.41) is 8.11. The van der Waals surface area contributed by atoms with Crippen LogP contribution in [0.25, 0.3) is 11.5 Å². The maximum absolute atomic E-state index is 13.0. The van der Waals surface area contributed by atoms with Crippen molar-refractivity contribution in [1.82, 2.24) is 14.5 Å². The molecular formula is C17H22FN3O3S. The smallest absolute Gasteiger partial charge is 0.247 e. The van der Waals surface area contributed by atoms with Gasteiger partial charge in [0.15, 0.2) is 0 Å². The van der Waals surface area contributed by atoms with Crippen LogP contribution < -0.4 is 0 Å². The molecule has 0 spiro atoms. The summed E-state index contributed by atoms with van der Waals surface area (Å²) in [7, 11) is -3.23. The number of piperidine rings is 1. The van der Waals surface area contributed by atoms with E-state index in [2.05, 4.69) is 10.2 Å². The molecule has 2 heterocycles. The quantitative estimate of drug-likeness (QED) is 0.784. The molecule has 1 atom stereocenters. The molecule has 3 rings (SSSR count). The maximum Gasteiger partial charge on any atom is 0.247 e. The lowest BCUT2D eigenvalue weighted by molar-refractivity contribution is 0.286. The Hall–Kier alpha value is -1.80. The summed E-state index contributed by atoms with van der Waals surface area (Å²) >= 11 is 0. The number of benzene rings is 1. The summed E-state index contributed by atoms with van der Waals surface area (Å²) in [6.45, 7) is 2.89. The maximum atomic E-state index is 13.0. The van der Waals surface area contributed by atoms with Gasteiger partial charge in [0.25, 0.3) is 0 Å². The molecule has 1 aliphatic rings. The third-order valence-electron chi connectivity index (χ3n) is 4.41. The highest BCUT2D eigenvalue weighted by molar-refractivity contribution is 7.89. The Labute approximate surface area is 147 Å². The molecule has 6 nitrogen and oxygen atoms in total. The Morgan fingerprint density at radius 1 is 1.28 bits per heavy atom. The van der Waals surface area contributed by atoms with Gasteiger partial charge in [0.05, 0.1) is 11.7 Å². The van der Waals surface area contributed by atoms with Gasteiger partial charge in [-0.1, -0.05) is 13.3 Å². The van der Waals surface area contributed by atoms with E-state index in [9.17, 15) is 12.8 Å². The van der Waals surface area contributed by atoms with E-state index < -0.39 is 10.0 Å². The van der Waals surface area contributed by atoms with Crippen LogP contribution in [0.4, 0.5) is 4.39 Å². The van der Waals surface area contributed by atoms with Gasteiger partial charge in [0.1, 0.15) is 5.82 Å². The van der Waals surface area contributed by atoms with Crippen molar-refractivity contribution >= 4 is 10.0 Å². The van der Waals surface area contributed by atoms with E-state index in [0.29, 0.717) is 36.9 Å². The number of aromatic nitrogens is 2. The summed E-state index contributed by atoms with van der Waals surface area (Å²) in [5.41, 5.74) is 0.642. The molecule has 0 aliphatic carbocycles. The van der Waals surface area contributed by atoms with Crippen molar-refractivity contribution in [2.45, 2.75) is 38.5 Å². The average Bonchev–Trinajstić information content (AvgIpc) is 3.11. The zero-order valence-corrected chi connectivity index (χ0v) is 15.0. The number of hydrogen-bond acceptors (Lipinski definition) is 5. The first-order valence-electron chi connectivity index (χ1n) is 8.57. The van der Waals surface area contributed by atoms with Crippen LogP contribution >= 0.6 is 0 Å². The lowest BCUT2D eigenvalue weighted by Crippen LogP contribution is -2.40. The zero-order valence-electron chi connectivity index (χ0n) is 14.2. The molecule has 1 unspecified atom stereocenters. The number of halogens is 1. The molecular weight excluding hydrogens is 345 g/mol. The zero-order chi connectivity index (χ0) is 17.9. The number of hydrogen-bond donors (Lipinski definition) is 0. The minimum absolute atomic E-state index is 0.105. The molecule has 1 aromatic carbocycles. The number of unbranched alkanes of at least 4 members (excludes halogenated alkanes) is 1. The second kappa shape index (κ2) is 7.61. The van der Waals surface area contributed by atoms with E-state index in [0.717, 1.165) is 19.3 Å². The molecule has 0 bridgehead atoms. The van der Waals surface area contributed by atoms with Gasteiger partial charge in [-0.05, 0) is 43.5 Å². The molecule has 0 N–H and O–H groups in total. The van der Waals surface area contributed by atoms with Crippen LogP contribution in [0.3, 0.4) is 0 Å². The summed E-state index contributed by atoms with van der Waals surface area (Å²) < 4.78 is 45.1. The fraction of sp³-hybridized carbons (Fsp3) is 0.529. The van der Waals surface area contributed by atoms with Crippen molar-refractivity contribution in [1.29, 1.82) is 0 Å². The van der Waals surface area contributed by atoms with Crippen LogP contribution in [0, 0.1) is 5.82 Å². The molecule has 25 heavy (non-hydrogen) atoms. The monoisotopic (exact) mass is 367 g/mol. The first-order valence-corrected chi connectivity index (χ1v) is 10.2. The fourth-order valence-electron chi connectivity index (χ4n) is 2.96. The summed E-state index contributed by atoms with van der Waals surface area (Å²) in [6.07, 6.45) is 3.09. The van der Waals surface area contributed by atoms with Crippen LogP contribution in [0.1, 0.15) is 44.4 Å². The van der Waals surface area contributed by atoms with E-state index in [1.807, 2.05) is 6.92 Å². The van der Waals surface area contributed by atoms with Gasteiger partial charge in [-0.25, -0.2) is 17.1 Å². The van der Waals surface area contributed by atoms with Crippen LogP contribution in [0.5, 0.6) is 0 Å². The van der Waals surface area contributed by atoms with Crippen molar-refractivity contribution in [3.05, 3.63) is 36.0 Å². The van der Waals surface area contributed by atoms with E-state index in [-0.39, 0.29) is 17.5 Å². The average molecular weight is 367 g/mol. The van der Waals surface area contributed by atoms with Crippen molar-refractivity contribution in [2.75, 3.05) is 18.8 Å². The summed E-state index contributed by atoms with van der Waals surface area (Å²) in [5.74, 6) is 0.507. The molecule has 0 radical (unpaired) electrons. The Morgan fingerprint density at radius 2 is 2.04 bits per heavy atom. The van der Waals surface area contributed by atoms with Crippen LogP contribution in [-0.2, 0) is 10.0 Å². The van der Waals surface area contributed by atoms with Gasteiger partial charge in [-0.15, -0.1) is 10.2 Å². The second-order valence-corrected chi connectivity index (χ2v) is 8.41. The Bertz CT molecular complexity index is 805. The highest BCUT2D eigenvalue weighted by Crippen LogP contribution is 2.29. The van der Waals surface area contributed by atoms with Gasteiger partial charge in [0.2, 0.25) is 21.8 Å². The fourth-order valence-corrected chi connectivity index (χ4v) is 4.69. The molecule has 8 heteroatoms. The lowest BCUT2D eigenvalue weighted by atomic mass is 10.00. The van der Waals surface area contributed by atoms with Crippen LogP contribution in [0.2, 0.25) is 0 Å². The minimum atomic E-state index is -3.23. The van der Waals surface area contributed by atoms with Crippen molar-refractivity contribution < 1.29 is 17.2 Å². The molecule has 1 aromatic heterocycles. The van der Waals surface area contributed by atoms with Gasteiger partial charge in [-0.2, -0.15) is 0 Å². The SMILES string of the molecule is CCCCS(=O)(=O)N1CCCC(c2nnc(-c3ccc(F)cc3)o2)C1. The van der Waals surface area contributed by atoms with E-state index in [4.69, 9.17) is 4.42 Å². The lowest BCUT2D eigenvalue weighted by Gasteiger charge is -2.30. The summed E-state index contributed by atoms with van der Waals surface area (Å²) in [4.78, 5) is 0. The first-order chi connectivity index (χ1) is 12.0. The van der Waals surface area contributed by atoms with Crippen molar-refractivity contribution in [3.8, 4) is 11.5 Å². The molecule has 1 aliphatic heterocycles. The number of nitrogens with zero attached hydrogens (tertiary/aromatic N) is 3. The molecule has 136 valence electrons.